The highest BCUT2D eigenvalue weighted by Gasteiger charge is 2.40. The summed E-state index contributed by atoms with van der Waals surface area (Å²) in [6.45, 7) is 3.40. The normalized spacial score (nSPS) is 19.7. The van der Waals surface area contributed by atoms with Crippen LogP contribution in [-0.4, -0.2) is 34.6 Å². The topological polar surface area (TPSA) is 40.5 Å². The summed E-state index contributed by atoms with van der Waals surface area (Å²) in [6, 6.07) is 6.07. The Hall–Kier alpha value is -1.42. The number of benzene rings is 1. The highest BCUT2D eigenvalue weighted by molar-refractivity contribution is 5.78. The molecule has 4 heteroatoms. The van der Waals surface area contributed by atoms with Gasteiger partial charge < -0.3 is 5.11 Å². The molecule has 0 spiro atoms. The summed E-state index contributed by atoms with van der Waals surface area (Å²) in [4.78, 5) is 13.6. The Kier molecular flexibility index (Phi) is 3.66. The highest BCUT2D eigenvalue weighted by atomic mass is 19.1. The molecule has 0 aromatic heterocycles. The second-order valence-corrected chi connectivity index (χ2v) is 5.08. The van der Waals surface area contributed by atoms with E-state index in [1.165, 1.54) is 12.1 Å². The molecule has 1 aromatic rings. The van der Waals surface area contributed by atoms with Gasteiger partial charge in [0.2, 0.25) is 0 Å². The first kappa shape index (κ1) is 13.0. The van der Waals surface area contributed by atoms with Crippen molar-refractivity contribution in [3.63, 3.8) is 0 Å². The van der Waals surface area contributed by atoms with Gasteiger partial charge >= 0.3 is 5.97 Å². The van der Waals surface area contributed by atoms with Crippen LogP contribution in [0.1, 0.15) is 25.3 Å². The highest BCUT2D eigenvalue weighted by Crippen LogP contribution is 2.26. The molecule has 2 rings (SSSR count). The van der Waals surface area contributed by atoms with Crippen molar-refractivity contribution in [2.75, 3.05) is 13.1 Å². The molecule has 1 N–H and O–H groups in total. The number of carboxylic acid groups (broad SMARTS) is 1. The predicted octanol–water partition coefficient (Wildman–Crippen LogP) is 2.31. The molecular weight excluding hydrogens is 233 g/mol. The lowest BCUT2D eigenvalue weighted by molar-refractivity contribution is -0.149. The molecule has 1 fully saturated rings. The second-order valence-electron chi connectivity index (χ2n) is 5.08. The Morgan fingerprint density at radius 1 is 1.33 bits per heavy atom. The van der Waals surface area contributed by atoms with Crippen LogP contribution in [0.4, 0.5) is 4.39 Å². The Morgan fingerprint density at radius 2 is 1.89 bits per heavy atom. The van der Waals surface area contributed by atoms with E-state index in [1.54, 1.807) is 19.1 Å². The summed E-state index contributed by atoms with van der Waals surface area (Å²) < 4.78 is 12.9. The Balaban J connectivity index is 2.20. The van der Waals surface area contributed by atoms with Crippen LogP contribution in [0, 0.1) is 5.82 Å². The number of nitrogens with zero attached hydrogens (tertiary/aromatic N) is 1. The number of halogens is 1. The summed E-state index contributed by atoms with van der Waals surface area (Å²) in [5.41, 5.74) is -0.0397. The molecule has 1 atom stereocenters. The van der Waals surface area contributed by atoms with Crippen LogP contribution < -0.4 is 0 Å². The quantitative estimate of drug-likeness (QED) is 0.892. The fourth-order valence-electron chi connectivity index (χ4n) is 2.53. The van der Waals surface area contributed by atoms with Crippen molar-refractivity contribution in [2.24, 2.45) is 0 Å². The molecule has 18 heavy (non-hydrogen) atoms. The number of hydrogen-bond donors (Lipinski definition) is 1. The van der Waals surface area contributed by atoms with Crippen LogP contribution in [0.5, 0.6) is 0 Å². The molecular formula is C14H18FNO2. The minimum atomic E-state index is -0.895. The first-order valence-electron chi connectivity index (χ1n) is 6.25. The zero-order valence-corrected chi connectivity index (χ0v) is 10.5. The molecule has 1 heterocycles. The Bertz CT molecular complexity index is 426. The van der Waals surface area contributed by atoms with Crippen LogP contribution >= 0.6 is 0 Å². The zero-order valence-electron chi connectivity index (χ0n) is 10.5. The SMILES string of the molecule is CC(Cc1ccc(F)cc1)(C(=O)O)N1CCCC1. The number of aliphatic carboxylic acids is 1. The van der Waals surface area contributed by atoms with Gasteiger partial charge in [0.15, 0.2) is 0 Å². The number of likely N-dealkylation sites (tertiary alicyclic amines) is 1. The van der Waals surface area contributed by atoms with Gasteiger partial charge in [0.1, 0.15) is 11.4 Å². The van der Waals surface area contributed by atoms with Crippen LogP contribution in [0.2, 0.25) is 0 Å². The van der Waals surface area contributed by atoms with Crippen LogP contribution in [-0.2, 0) is 11.2 Å². The first-order valence-corrected chi connectivity index (χ1v) is 6.25. The number of rotatable bonds is 4. The molecule has 0 bridgehead atoms. The third-order valence-corrected chi connectivity index (χ3v) is 3.73. The summed E-state index contributed by atoms with van der Waals surface area (Å²) in [5, 5.41) is 9.49. The third-order valence-electron chi connectivity index (χ3n) is 3.73. The fraction of sp³-hybridized carbons (Fsp3) is 0.500. The molecule has 0 radical (unpaired) electrons. The minimum absolute atomic E-state index is 0.294. The summed E-state index contributed by atoms with van der Waals surface area (Å²) in [5.74, 6) is -1.11. The maximum Gasteiger partial charge on any atom is 0.324 e. The molecule has 0 amide bonds. The van der Waals surface area contributed by atoms with E-state index in [0.717, 1.165) is 31.5 Å². The molecule has 0 aliphatic carbocycles. The number of carbonyl (C=O) groups is 1. The van der Waals surface area contributed by atoms with Crippen molar-refractivity contribution >= 4 is 5.97 Å². The second kappa shape index (κ2) is 5.06. The standard InChI is InChI=1S/C14H18FNO2/c1-14(13(17)18,16-8-2-3-9-16)10-11-4-6-12(15)7-5-11/h4-7H,2-3,8-10H2,1H3,(H,17,18). The number of hydrogen-bond acceptors (Lipinski definition) is 2. The first-order chi connectivity index (χ1) is 8.52. The lowest BCUT2D eigenvalue weighted by Crippen LogP contribution is -2.52. The fourth-order valence-corrected chi connectivity index (χ4v) is 2.53. The van der Waals surface area contributed by atoms with Gasteiger partial charge in [-0.25, -0.2) is 4.39 Å². The third kappa shape index (κ3) is 2.53. The van der Waals surface area contributed by atoms with Crippen LogP contribution in [0.3, 0.4) is 0 Å². The van der Waals surface area contributed by atoms with E-state index in [1.807, 2.05) is 4.90 Å². The molecule has 1 saturated heterocycles. The van der Waals surface area contributed by atoms with Gasteiger partial charge in [-0.1, -0.05) is 12.1 Å². The lowest BCUT2D eigenvalue weighted by Gasteiger charge is -2.35. The Morgan fingerprint density at radius 3 is 2.39 bits per heavy atom. The van der Waals surface area contributed by atoms with Gasteiger partial charge in [-0.15, -0.1) is 0 Å². The maximum absolute atomic E-state index is 12.9. The largest absolute Gasteiger partial charge is 0.480 e. The van der Waals surface area contributed by atoms with Gasteiger partial charge in [-0.05, 0) is 50.6 Å². The van der Waals surface area contributed by atoms with Crippen molar-refractivity contribution in [3.8, 4) is 0 Å². The van der Waals surface area contributed by atoms with Crippen molar-refractivity contribution in [3.05, 3.63) is 35.6 Å². The Labute approximate surface area is 106 Å². The van der Waals surface area contributed by atoms with E-state index in [0.29, 0.717) is 6.42 Å². The van der Waals surface area contributed by atoms with E-state index in [4.69, 9.17) is 0 Å². The van der Waals surface area contributed by atoms with E-state index >= 15 is 0 Å². The van der Waals surface area contributed by atoms with Crippen LogP contribution in [0.15, 0.2) is 24.3 Å². The van der Waals surface area contributed by atoms with E-state index in [9.17, 15) is 14.3 Å². The summed E-state index contributed by atoms with van der Waals surface area (Å²) in [7, 11) is 0. The smallest absolute Gasteiger partial charge is 0.324 e. The van der Waals surface area contributed by atoms with Crippen molar-refractivity contribution in [1.82, 2.24) is 4.90 Å². The molecule has 1 aliphatic heterocycles. The van der Waals surface area contributed by atoms with E-state index in [-0.39, 0.29) is 5.82 Å². The predicted molar refractivity (Wildman–Crippen MR) is 67.0 cm³/mol. The van der Waals surface area contributed by atoms with Gasteiger partial charge in [-0.2, -0.15) is 0 Å². The molecule has 0 saturated carbocycles. The minimum Gasteiger partial charge on any atom is -0.480 e. The molecule has 1 aliphatic rings. The lowest BCUT2D eigenvalue weighted by atomic mass is 9.91. The van der Waals surface area contributed by atoms with Gasteiger partial charge in [-0.3, -0.25) is 9.69 Å². The van der Waals surface area contributed by atoms with E-state index in [2.05, 4.69) is 0 Å². The average molecular weight is 251 g/mol. The summed E-state index contributed by atoms with van der Waals surface area (Å²) >= 11 is 0. The molecule has 1 unspecified atom stereocenters. The average Bonchev–Trinajstić information content (AvgIpc) is 2.86. The molecule has 1 aromatic carbocycles. The monoisotopic (exact) mass is 251 g/mol. The van der Waals surface area contributed by atoms with Gasteiger partial charge in [0.25, 0.3) is 0 Å². The van der Waals surface area contributed by atoms with Crippen molar-refractivity contribution < 1.29 is 14.3 Å². The zero-order chi connectivity index (χ0) is 13.2. The molecule has 3 nitrogen and oxygen atoms in total. The van der Waals surface area contributed by atoms with Gasteiger partial charge in [0.05, 0.1) is 0 Å². The van der Waals surface area contributed by atoms with Crippen molar-refractivity contribution in [2.45, 2.75) is 31.7 Å². The van der Waals surface area contributed by atoms with Crippen molar-refractivity contribution in [1.29, 1.82) is 0 Å². The number of carboxylic acids is 1. The molecule has 98 valence electrons. The maximum atomic E-state index is 12.9. The van der Waals surface area contributed by atoms with Crippen LogP contribution in [0.25, 0.3) is 0 Å². The summed E-state index contributed by atoms with van der Waals surface area (Å²) in [6.07, 6.45) is 2.50. The van der Waals surface area contributed by atoms with Gasteiger partial charge in [0, 0.05) is 6.42 Å². The van der Waals surface area contributed by atoms with E-state index < -0.39 is 11.5 Å².